The molecule has 5 aromatic rings. The summed E-state index contributed by atoms with van der Waals surface area (Å²) in [6.07, 6.45) is 6.20. The molecule has 0 unspecified atom stereocenters. The number of pyridine rings is 2. The van der Waals surface area contributed by atoms with Gasteiger partial charge in [0.15, 0.2) is 17.1 Å². The van der Waals surface area contributed by atoms with Gasteiger partial charge in [-0.25, -0.2) is 14.5 Å². The van der Waals surface area contributed by atoms with E-state index in [2.05, 4.69) is 27.2 Å². The Balaban J connectivity index is 1.29. The standard InChI is InChI=1S/C25H22N6O2/c1-16-4-2-6-19(28-16)25-24(18-9-11-23-26-14-27-31(23)13-18)29-22(30-25)7-3-5-17-8-10-20-21(12-17)33-15-32-20/h2,4,6,8-14H,3,5,7,15H2,1H3,(H,29,30). The van der Waals surface area contributed by atoms with E-state index in [9.17, 15) is 0 Å². The van der Waals surface area contributed by atoms with Gasteiger partial charge in [0.2, 0.25) is 6.79 Å². The quantitative estimate of drug-likeness (QED) is 0.423. The van der Waals surface area contributed by atoms with E-state index in [-0.39, 0.29) is 0 Å². The molecular formula is C25H22N6O2. The molecule has 33 heavy (non-hydrogen) atoms. The van der Waals surface area contributed by atoms with Gasteiger partial charge in [0.05, 0.1) is 17.1 Å². The van der Waals surface area contributed by atoms with E-state index < -0.39 is 0 Å². The molecule has 0 bridgehead atoms. The average Bonchev–Trinajstić information content (AvgIpc) is 3.57. The average molecular weight is 438 g/mol. The SMILES string of the molecule is Cc1cccc(-c2[nH]c(CCCc3ccc4c(c3)OCO4)nc2-c2ccc3ncnn3c2)n1. The smallest absolute Gasteiger partial charge is 0.231 e. The molecule has 1 aliphatic heterocycles. The number of aryl methyl sites for hydroxylation is 3. The Bertz CT molecular complexity index is 1450. The lowest BCUT2D eigenvalue weighted by molar-refractivity contribution is 0.174. The first kappa shape index (κ1) is 19.5. The predicted octanol–water partition coefficient (Wildman–Crippen LogP) is 4.39. The van der Waals surface area contributed by atoms with Crippen molar-refractivity contribution in [2.75, 3.05) is 6.79 Å². The van der Waals surface area contributed by atoms with Crippen LogP contribution in [0.2, 0.25) is 0 Å². The Kier molecular flexibility index (Phi) is 4.75. The van der Waals surface area contributed by atoms with Crippen molar-refractivity contribution < 1.29 is 9.47 Å². The largest absolute Gasteiger partial charge is 0.454 e. The minimum Gasteiger partial charge on any atom is -0.454 e. The van der Waals surface area contributed by atoms with Crippen LogP contribution < -0.4 is 9.47 Å². The maximum atomic E-state index is 5.50. The fourth-order valence-electron chi connectivity index (χ4n) is 4.13. The molecule has 1 aromatic carbocycles. The molecule has 0 aliphatic carbocycles. The second-order valence-corrected chi connectivity index (χ2v) is 8.09. The van der Waals surface area contributed by atoms with Gasteiger partial charge in [-0.2, -0.15) is 5.10 Å². The molecule has 8 heteroatoms. The molecule has 0 radical (unpaired) electrons. The highest BCUT2D eigenvalue weighted by Gasteiger charge is 2.17. The molecule has 0 fully saturated rings. The molecule has 0 amide bonds. The number of aromatic nitrogens is 6. The number of fused-ring (bicyclic) bond motifs is 2. The molecular weight excluding hydrogens is 416 g/mol. The van der Waals surface area contributed by atoms with Crippen molar-refractivity contribution >= 4 is 5.65 Å². The summed E-state index contributed by atoms with van der Waals surface area (Å²) < 4.78 is 12.7. The number of nitrogens with zero attached hydrogens (tertiary/aromatic N) is 5. The summed E-state index contributed by atoms with van der Waals surface area (Å²) in [4.78, 5) is 17.5. The lowest BCUT2D eigenvalue weighted by Crippen LogP contribution is -1.93. The highest BCUT2D eigenvalue weighted by atomic mass is 16.7. The van der Waals surface area contributed by atoms with Gasteiger partial charge in [-0.05, 0) is 61.7 Å². The van der Waals surface area contributed by atoms with Gasteiger partial charge in [0.1, 0.15) is 12.2 Å². The second kappa shape index (κ2) is 8.05. The van der Waals surface area contributed by atoms with Crippen molar-refractivity contribution in [2.45, 2.75) is 26.2 Å². The monoisotopic (exact) mass is 438 g/mol. The van der Waals surface area contributed by atoms with Gasteiger partial charge in [-0.3, -0.25) is 4.98 Å². The van der Waals surface area contributed by atoms with E-state index >= 15 is 0 Å². The molecule has 0 saturated heterocycles. The Labute approximate surface area is 190 Å². The lowest BCUT2D eigenvalue weighted by Gasteiger charge is -2.04. The maximum Gasteiger partial charge on any atom is 0.231 e. The van der Waals surface area contributed by atoms with Crippen LogP contribution in [-0.4, -0.2) is 36.3 Å². The van der Waals surface area contributed by atoms with Crippen molar-refractivity contribution in [1.82, 2.24) is 29.5 Å². The third-order valence-corrected chi connectivity index (χ3v) is 5.76. The zero-order chi connectivity index (χ0) is 22.2. The molecule has 1 aliphatic rings. The minimum atomic E-state index is 0.296. The van der Waals surface area contributed by atoms with Gasteiger partial charge in [-0.15, -0.1) is 0 Å². The van der Waals surface area contributed by atoms with Crippen molar-refractivity contribution in [1.29, 1.82) is 0 Å². The molecule has 0 spiro atoms. The predicted molar refractivity (Wildman–Crippen MR) is 123 cm³/mol. The highest BCUT2D eigenvalue weighted by Crippen LogP contribution is 2.33. The first-order valence-corrected chi connectivity index (χ1v) is 10.9. The van der Waals surface area contributed by atoms with Crippen molar-refractivity contribution in [3.8, 4) is 34.1 Å². The number of imidazole rings is 1. The Morgan fingerprint density at radius 2 is 1.94 bits per heavy atom. The Hall–Kier alpha value is -4.20. The Morgan fingerprint density at radius 3 is 2.88 bits per heavy atom. The molecule has 8 nitrogen and oxygen atoms in total. The van der Waals surface area contributed by atoms with E-state index in [1.807, 2.05) is 49.5 Å². The van der Waals surface area contributed by atoms with Crippen LogP contribution in [0.15, 0.2) is 61.1 Å². The normalized spacial score (nSPS) is 12.5. The van der Waals surface area contributed by atoms with Crippen molar-refractivity contribution in [3.05, 3.63) is 78.1 Å². The van der Waals surface area contributed by atoms with Crippen LogP contribution in [0.3, 0.4) is 0 Å². The highest BCUT2D eigenvalue weighted by molar-refractivity contribution is 5.77. The number of H-pyrrole nitrogens is 1. The summed E-state index contributed by atoms with van der Waals surface area (Å²) in [6.45, 7) is 2.29. The van der Waals surface area contributed by atoms with Crippen molar-refractivity contribution in [3.63, 3.8) is 0 Å². The van der Waals surface area contributed by atoms with Crippen LogP contribution in [0.1, 0.15) is 23.5 Å². The first-order valence-electron chi connectivity index (χ1n) is 10.9. The summed E-state index contributed by atoms with van der Waals surface area (Å²) in [5.41, 5.74) is 6.60. The number of nitrogens with one attached hydrogen (secondary N) is 1. The molecule has 0 saturated carbocycles. The van der Waals surface area contributed by atoms with Crippen LogP contribution >= 0.6 is 0 Å². The molecule has 5 heterocycles. The third kappa shape index (κ3) is 3.80. The van der Waals surface area contributed by atoms with E-state index in [1.165, 1.54) is 5.56 Å². The first-order chi connectivity index (χ1) is 16.2. The van der Waals surface area contributed by atoms with Crippen LogP contribution in [0, 0.1) is 6.92 Å². The minimum absolute atomic E-state index is 0.296. The zero-order valence-corrected chi connectivity index (χ0v) is 18.2. The number of hydrogen-bond acceptors (Lipinski definition) is 6. The molecule has 1 N–H and O–H groups in total. The van der Waals surface area contributed by atoms with Gasteiger partial charge < -0.3 is 14.5 Å². The fourth-order valence-corrected chi connectivity index (χ4v) is 4.13. The van der Waals surface area contributed by atoms with Gasteiger partial charge in [0.25, 0.3) is 0 Å². The molecule has 164 valence electrons. The second-order valence-electron chi connectivity index (χ2n) is 8.09. The third-order valence-electron chi connectivity index (χ3n) is 5.76. The summed E-state index contributed by atoms with van der Waals surface area (Å²) in [5, 5.41) is 4.27. The summed E-state index contributed by atoms with van der Waals surface area (Å²) in [6, 6.07) is 16.1. The van der Waals surface area contributed by atoms with Crippen LogP contribution in [-0.2, 0) is 12.8 Å². The lowest BCUT2D eigenvalue weighted by atomic mass is 10.1. The topological polar surface area (TPSA) is 90.2 Å². The molecule has 4 aromatic heterocycles. The zero-order valence-electron chi connectivity index (χ0n) is 18.2. The van der Waals surface area contributed by atoms with Crippen molar-refractivity contribution in [2.24, 2.45) is 0 Å². The molecule has 6 rings (SSSR count). The number of hydrogen-bond donors (Lipinski definition) is 1. The van der Waals surface area contributed by atoms with Crippen LogP contribution in [0.4, 0.5) is 0 Å². The fraction of sp³-hybridized carbons (Fsp3) is 0.200. The van der Waals surface area contributed by atoms with E-state index in [1.54, 1.807) is 10.8 Å². The van der Waals surface area contributed by atoms with Gasteiger partial charge >= 0.3 is 0 Å². The van der Waals surface area contributed by atoms with Gasteiger partial charge in [0, 0.05) is 23.9 Å². The number of aromatic amines is 1. The van der Waals surface area contributed by atoms with E-state index in [4.69, 9.17) is 19.4 Å². The van der Waals surface area contributed by atoms with E-state index in [0.717, 1.165) is 70.6 Å². The summed E-state index contributed by atoms with van der Waals surface area (Å²) in [7, 11) is 0. The van der Waals surface area contributed by atoms with Crippen LogP contribution in [0.25, 0.3) is 28.3 Å². The summed E-state index contributed by atoms with van der Waals surface area (Å²) in [5.74, 6) is 2.57. The van der Waals surface area contributed by atoms with Gasteiger partial charge in [-0.1, -0.05) is 12.1 Å². The Morgan fingerprint density at radius 1 is 1.00 bits per heavy atom. The number of ether oxygens (including phenoxy) is 2. The number of rotatable bonds is 6. The maximum absolute atomic E-state index is 5.50. The molecule has 0 atom stereocenters. The van der Waals surface area contributed by atoms with E-state index in [0.29, 0.717) is 6.79 Å². The van der Waals surface area contributed by atoms with Crippen LogP contribution in [0.5, 0.6) is 11.5 Å². The number of benzene rings is 1. The summed E-state index contributed by atoms with van der Waals surface area (Å²) >= 11 is 0.